The van der Waals surface area contributed by atoms with E-state index in [0.29, 0.717) is 0 Å². The predicted molar refractivity (Wildman–Crippen MR) is 30.4 cm³/mol. The van der Waals surface area contributed by atoms with E-state index in [-0.39, 0.29) is 0 Å². The van der Waals surface area contributed by atoms with Crippen molar-refractivity contribution in [2.45, 2.75) is 0 Å². The van der Waals surface area contributed by atoms with E-state index in [1.54, 1.807) is 5.31 Å². The number of hydrogen-bond acceptors (Lipinski definition) is 2. The summed E-state index contributed by atoms with van der Waals surface area (Å²) in [6, 6.07) is 0. The molecule has 1 heterocycles. The van der Waals surface area contributed by atoms with Gasteiger partial charge in [0.1, 0.15) is 1.41 Å². The first-order valence-corrected chi connectivity index (χ1v) is 2.71. The Kier molecular flexibility index (Phi) is 1.26. The number of piperazine rings is 1. The third-order valence-corrected chi connectivity index (χ3v) is 1.28. The van der Waals surface area contributed by atoms with Crippen LogP contribution in [0.25, 0.3) is 0 Å². The van der Waals surface area contributed by atoms with Crippen molar-refractivity contribution in [1.29, 1.82) is 0 Å². The second-order valence-electron chi connectivity index (χ2n) is 1.97. The first-order chi connectivity index (χ1) is 3.79. The van der Waals surface area contributed by atoms with Gasteiger partial charge in [-0.2, -0.15) is 0 Å². The summed E-state index contributed by atoms with van der Waals surface area (Å²) in [4.78, 5) is 2.24. The molecule has 0 aromatic carbocycles. The molecule has 1 saturated heterocycles. The average Bonchev–Trinajstić information content (AvgIpc) is 1.77. The summed E-state index contributed by atoms with van der Waals surface area (Å²) in [5.74, 6) is 0. The Bertz CT molecular complexity index is 58.8. The molecule has 0 radical (unpaired) electrons. The maximum atomic E-state index is 7.17. The van der Waals surface area contributed by atoms with Gasteiger partial charge in [-0.15, -0.1) is 0 Å². The average molecular weight is 101 g/mol. The Morgan fingerprint density at radius 3 is 2.57 bits per heavy atom. The standard InChI is InChI=1S/C5H12N2/c1-7-4-2-6-3-5-7/h6H,2-5H2,1H3/i/hD. The summed E-state index contributed by atoms with van der Waals surface area (Å²) in [6.07, 6.45) is 0. The summed E-state index contributed by atoms with van der Waals surface area (Å²) in [6.45, 7) is 3.89. The van der Waals surface area contributed by atoms with Gasteiger partial charge in [0.05, 0.1) is 0 Å². The molecule has 0 saturated carbocycles. The number of hydrogen-bond donors (Lipinski definition) is 1. The van der Waals surface area contributed by atoms with Gasteiger partial charge in [-0.1, -0.05) is 0 Å². The first kappa shape index (κ1) is 3.87. The smallest absolute Gasteiger partial charge is 0.122 e. The third-order valence-electron chi connectivity index (χ3n) is 1.28. The minimum atomic E-state index is 0.899. The molecule has 1 N–H and O–H groups in total. The van der Waals surface area contributed by atoms with Gasteiger partial charge in [0.15, 0.2) is 0 Å². The molecule has 0 bridgehead atoms. The Hall–Kier alpha value is -0.0800. The second kappa shape index (κ2) is 2.28. The van der Waals surface area contributed by atoms with Crippen LogP contribution in [0.1, 0.15) is 0 Å². The number of likely N-dealkylation sites (N-methyl/N-ethyl adjacent to an activating group) is 1. The van der Waals surface area contributed by atoms with Crippen LogP contribution in [0, 0.1) is 0 Å². The maximum Gasteiger partial charge on any atom is 0.122 e. The molecule has 1 aliphatic rings. The summed E-state index contributed by atoms with van der Waals surface area (Å²) < 4.78 is 7.17. The highest BCUT2D eigenvalue weighted by Crippen LogP contribution is 1.82. The summed E-state index contributed by atoms with van der Waals surface area (Å²) in [5.41, 5.74) is 0. The van der Waals surface area contributed by atoms with E-state index in [1.807, 2.05) is 0 Å². The number of rotatable bonds is 0. The molecule has 0 atom stereocenters. The SMILES string of the molecule is [2H]N1CCN(C)CC1. The lowest BCUT2D eigenvalue weighted by Crippen LogP contribution is -2.40. The van der Waals surface area contributed by atoms with E-state index in [0.717, 1.165) is 26.2 Å². The lowest BCUT2D eigenvalue weighted by Gasteiger charge is -2.21. The minimum Gasteiger partial charge on any atom is -0.314 e. The Balaban J connectivity index is 2.19. The fraction of sp³-hybridized carbons (Fsp3) is 1.00. The van der Waals surface area contributed by atoms with Crippen molar-refractivity contribution in [1.82, 2.24) is 10.2 Å². The lowest BCUT2D eigenvalue weighted by atomic mass is 10.4. The molecule has 1 rings (SSSR count). The Labute approximate surface area is 46.0 Å². The van der Waals surface area contributed by atoms with E-state index in [2.05, 4.69) is 11.9 Å². The Morgan fingerprint density at radius 2 is 2.14 bits per heavy atom. The molecular weight excluding hydrogens is 88.1 g/mol. The van der Waals surface area contributed by atoms with Crippen molar-refractivity contribution >= 4 is 0 Å². The minimum absolute atomic E-state index is 0.899. The fourth-order valence-corrected chi connectivity index (χ4v) is 0.706. The van der Waals surface area contributed by atoms with Gasteiger partial charge in [0, 0.05) is 26.2 Å². The van der Waals surface area contributed by atoms with E-state index < -0.39 is 0 Å². The lowest BCUT2D eigenvalue weighted by molar-refractivity contribution is 0.291. The van der Waals surface area contributed by atoms with Gasteiger partial charge in [-0.25, -0.2) is 0 Å². The quantitative estimate of drug-likeness (QED) is 0.443. The van der Waals surface area contributed by atoms with Gasteiger partial charge >= 0.3 is 0 Å². The van der Waals surface area contributed by atoms with Crippen LogP contribution in [0.5, 0.6) is 0 Å². The van der Waals surface area contributed by atoms with Crippen molar-refractivity contribution in [2.75, 3.05) is 33.2 Å². The second-order valence-corrected chi connectivity index (χ2v) is 1.97. The van der Waals surface area contributed by atoms with Crippen molar-refractivity contribution in [3.63, 3.8) is 0 Å². The zero-order valence-corrected chi connectivity index (χ0v) is 4.72. The molecule has 0 aromatic rings. The molecule has 0 aromatic heterocycles. The molecule has 7 heavy (non-hydrogen) atoms. The molecule has 0 aliphatic carbocycles. The van der Waals surface area contributed by atoms with E-state index in [4.69, 9.17) is 1.41 Å². The van der Waals surface area contributed by atoms with Crippen LogP contribution in [0.4, 0.5) is 0 Å². The zero-order valence-electron chi connectivity index (χ0n) is 5.72. The molecule has 0 amide bonds. The molecule has 1 fully saturated rings. The van der Waals surface area contributed by atoms with Gasteiger partial charge in [0.2, 0.25) is 0 Å². The van der Waals surface area contributed by atoms with Crippen LogP contribution in [0.2, 0.25) is 1.41 Å². The van der Waals surface area contributed by atoms with Gasteiger partial charge < -0.3 is 10.2 Å². The highest BCUT2D eigenvalue weighted by Gasteiger charge is 2.01. The topological polar surface area (TPSA) is 15.3 Å². The summed E-state index contributed by atoms with van der Waals surface area (Å²) in [7, 11) is 2.09. The van der Waals surface area contributed by atoms with Gasteiger partial charge in [0.25, 0.3) is 0 Å². The van der Waals surface area contributed by atoms with Crippen molar-refractivity contribution in [3.8, 4) is 0 Å². The molecule has 2 heteroatoms. The molecule has 1 aliphatic heterocycles. The predicted octanol–water partition coefficient (Wildman–Crippen LogP) is -0.479. The van der Waals surface area contributed by atoms with E-state index >= 15 is 0 Å². The fourth-order valence-electron chi connectivity index (χ4n) is 0.706. The third kappa shape index (κ3) is 1.45. The van der Waals surface area contributed by atoms with Gasteiger partial charge in [-0.05, 0) is 7.05 Å². The molecule has 2 nitrogen and oxygen atoms in total. The van der Waals surface area contributed by atoms with Crippen LogP contribution < -0.4 is 5.31 Å². The number of nitrogens with zero attached hydrogens (tertiary/aromatic N) is 1. The van der Waals surface area contributed by atoms with Crippen LogP contribution >= 0.6 is 0 Å². The monoisotopic (exact) mass is 101 g/mol. The first-order valence-electron chi connectivity index (χ1n) is 3.16. The highest BCUT2D eigenvalue weighted by atomic mass is 15.2. The maximum absolute atomic E-state index is 7.17. The molecule has 0 spiro atoms. The highest BCUT2D eigenvalue weighted by molar-refractivity contribution is 4.62. The van der Waals surface area contributed by atoms with Crippen LogP contribution in [-0.2, 0) is 0 Å². The van der Waals surface area contributed by atoms with Gasteiger partial charge in [-0.3, -0.25) is 0 Å². The largest absolute Gasteiger partial charge is 0.314 e. The van der Waals surface area contributed by atoms with Crippen molar-refractivity contribution in [3.05, 3.63) is 0 Å². The Morgan fingerprint density at radius 1 is 1.57 bits per heavy atom. The zero-order chi connectivity index (χ0) is 5.98. The normalized spacial score (nSPS) is 30.1. The van der Waals surface area contributed by atoms with Crippen LogP contribution in [-0.4, -0.2) is 38.1 Å². The van der Waals surface area contributed by atoms with Crippen LogP contribution in [0.3, 0.4) is 0 Å². The van der Waals surface area contributed by atoms with Crippen LogP contribution in [0.15, 0.2) is 0 Å². The number of nitrogens with one attached hydrogen (secondary N) is 1. The summed E-state index contributed by atoms with van der Waals surface area (Å²) in [5, 5.41) is 1.61. The van der Waals surface area contributed by atoms with Crippen molar-refractivity contribution < 1.29 is 1.41 Å². The molecule has 0 unspecified atom stereocenters. The molecular formula is C5H12N2. The van der Waals surface area contributed by atoms with Crippen molar-refractivity contribution in [2.24, 2.45) is 0 Å². The van der Waals surface area contributed by atoms with E-state index in [9.17, 15) is 0 Å². The summed E-state index contributed by atoms with van der Waals surface area (Å²) >= 11 is 0. The molecule has 42 valence electrons. The van der Waals surface area contributed by atoms with E-state index in [1.165, 1.54) is 0 Å².